The smallest absolute Gasteiger partial charge is 0.273 e. The molecule has 16 heavy (non-hydrogen) atoms. The standard InChI is InChI=1S/C8H7ClN2O2S3/c1-5-7(15-8(9)10-5)16(12,13)11-6-2-3-14-4-6/h2-4,11H,1H3. The molecule has 0 saturated carbocycles. The summed E-state index contributed by atoms with van der Waals surface area (Å²) in [5.41, 5.74) is 0.964. The van der Waals surface area contributed by atoms with E-state index >= 15 is 0 Å². The fourth-order valence-electron chi connectivity index (χ4n) is 1.12. The van der Waals surface area contributed by atoms with E-state index in [0.717, 1.165) is 11.3 Å². The molecule has 0 atom stereocenters. The molecular formula is C8H7ClN2O2S3. The molecule has 0 aliphatic rings. The van der Waals surface area contributed by atoms with Crippen LogP contribution in [0.5, 0.6) is 0 Å². The largest absolute Gasteiger partial charge is 0.278 e. The van der Waals surface area contributed by atoms with Crippen molar-refractivity contribution in [1.82, 2.24) is 4.98 Å². The van der Waals surface area contributed by atoms with Crippen LogP contribution in [-0.2, 0) is 10.0 Å². The third-order valence-corrected chi connectivity index (χ3v) is 5.68. The summed E-state index contributed by atoms with van der Waals surface area (Å²) in [5.74, 6) is 0. The van der Waals surface area contributed by atoms with Crippen molar-refractivity contribution in [1.29, 1.82) is 0 Å². The van der Waals surface area contributed by atoms with E-state index in [2.05, 4.69) is 9.71 Å². The Bertz CT molecular complexity index is 589. The van der Waals surface area contributed by atoms with Crippen molar-refractivity contribution in [2.75, 3.05) is 4.72 Å². The van der Waals surface area contributed by atoms with Gasteiger partial charge in [-0.25, -0.2) is 13.4 Å². The second-order valence-electron chi connectivity index (χ2n) is 2.96. The summed E-state index contributed by atoms with van der Waals surface area (Å²) in [6, 6.07) is 1.69. The van der Waals surface area contributed by atoms with Crippen LogP contribution < -0.4 is 4.72 Å². The summed E-state index contributed by atoms with van der Waals surface area (Å²) >= 11 is 8.04. The first-order chi connectivity index (χ1) is 7.49. The molecule has 86 valence electrons. The van der Waals surface area contributed by atoms with Crippen molar-refractivity contribution in [3.05, 3.63) is 27.0 Å². The molecule has 0 saturated heterocycles. The van der Waals surface area contributed by atoms with Gasteiger partial charge in [-0.2, -0.15) is 11.3 Å². The number of nitrogens with zero attached hydrogens (tertiary/aromatic N) is 1. The first kappa shape index (κ1) is 11.8. The summed E-state index contributed by atoms with van der Waals surface area (Å²) in [5, 5.41) is 3.51. The van der Waals surface area contributed by atoms with Gasteiger partial charge >= 0.3 is 0 Å². The number of aromatic nitrogens is 1. The molecule has 0 bridgehead atoms. The number of thiazole rings is 1. The van der Waals surface area contributed by atoms with Crippen molar-refractivity contribution in [3.63, 3.8) is 0 Å². The predicted octanol–water partition coefficient (Wildman–Crippen LogP) is 2.97. The second kappa shape index (κ2) is 4.33. The van der Waals surface area contributed by atoms with Gasteiger partial charge in [0.15, 0.2) is 8.68 Å². The molecule has 0 aliphatic heterocycles. The van der Waals surface area contributed by atoms with Gasteiger partial charge in [-0.15, -0.1) is 0 Å². The van der Waals surface area contributed by atoms with Crippen molar-refractivity contribution < 1.29 is 8.42 Å². The van der Waals surface area contributed by atoms with Crippen molar-refractivity contribution >= 4 is 50.0 Å². The quantitative estimate of drug-likeness (QED) is 0.947. The van der Waals surface area contributed by atoms with Gasteiger partial charge in [-0.1, -0.05) is 22.9 Å². The maximum atomic E-state index is 11.9. The molecule has 0 amide bonds. The van der Waals surface area contributed by atoms with E-state index in [-0.39, 0.29) is 8.68 Å². The maximum absolute atomic E-state index is 11.9. The van der Waals surface area contributed by atoms with Crippen LogP contribution in [-0.4, -0.2) is 13.4 Å². The summed E-state index contributed by atoms with van der Waals surface area (Å²) in [6.07, 6.45) is 0. The van der Waals surface area contributed by atoms with E-state index in [0.29, 0.717) is 11.4 Å². The number of halogens is 1. The highest BCUT2D eigenvalue weighted by atomic mass is 35.5. The molecule has 2 aromatic rings. The van der Waals surface area contributed by atoms with Crippen LogP contribution in [0.2, 0.25) is 4.47 Å². The highest BCUT2D eigenvalue weighted by Crippen LogP contribution is 2.28. The van der Waals surface area contributed by atoms with Gasteiger partial charge in [-0.05, 0) is 18.4 Å². The van der Waals surface area contributed by atoms with Gasteiger partial charge in [-0.3, -0.25) is 4.72 Å². The molecule has 4 nitrogen and oxygen atoms in total. The van der Waals surface area contributed by atoms with Crippen molar-refractivity contribution in [2.24, 2.45) is 0 Å². The number of rotatable bonds is 3. The van der Waals surface area contributed by atoms with Gasteiger partial charge in [0.1, 0.15) is 0 Å². The highest BCUT2D eigenvalue weighted by molar-refractivity contribution is 7.94. The lowest BCUT2D eigenvalue weighted by Gasteiger charge is -2.03. The zero-order valence-corrected chi connectivity index (χ0v) is 11.3. The zero-order valence-electron chi connectivity index (χ0n) is 8.10. The van der Waals surface area contributed by atoms with Gasteiger partial charge in [0.2, 0.25) is 0 Å². The molecule has 0 aliphatic carbocycles. The van der Waals surface area contributed by atoms with Crippen LogP contribution in [0.1, 0.15) is 5.69 Å². The van der Waals surface area contributed by atoms with E-state index in [1.54, 1.807) is 23.8 Å². The van der Waals surface area contributed by atoms with Gasteiger partial charge in [0, 0.05) is 5.38 Å². The number of hydrogen-bond acceptors (Lipinski definition) is 5. The lowest BCUT2D eigenvalue weighted by molar-refractivity contribution is 0.602. The van der Waals surface area contributed by atoms with Crippen LogP contribution in [0, 0.1) is 6.92 Å². The Hall–Kier alpha value is -0.630. The summed E-state index contributed by atoms with van der Waals surface area (Å²) < 4.78 is 26.7. The molecule has 0 unspecified atom stereocenters. The Balaban J connectivity index is 2.36. The molecule has 8 heteroatoms. The van der Waals surface area contributed by atoms with Gasteiger partial charge < -0.3 is 0 Å². The molecule has 1 N–H and O–H groups in total. The van der Waals surface area contributed by atoms with Crippen LogP contribution in [0.15, 0.2) is 21.0 Å². The van der Waals surface area contributed by atoms with E-state index in [1.165, 1.54) is 11.3 Å². The van der Waals surface area contributed by atoms with Gasteiger partial charge in [0.25, 0.3) is 10.0 Å². The minimum absolute atomic E-state index is 0.156. The maximum Gasteiger partial charge on any atom is 0.273 e. The summed E-state index contributed by atoms with van der Waals surface area (Å²) in [4.78, 5) is 3.87. The van der Waals surface area contributed by atoms with Crippen molar-refractivity contribution in [2.45, 2.75) is 11.1 Å². The Kier molecular flexibility index (Phi) is 3.20. The van der Waals surface area contributed by atoms with E-state index in [1.807, 2.05) is 0 Å². The summed E-state index contributed by atoms with van der Waals surface area (Å²) in [6.45, 7) is 1.62. The fourth-order valence-corrected chi connectivity index (χ4v) is 4.58. The van der Waals surface area contributed by atoms with E-state index in [9.17, 15) is 8.42 Å². The summed E-state index contributed by atoms with van der Waals surface area (Å²) in [7, 11) is -3.56. The lowest BCUT2D eigenvalue weighted by atomic mass is 10.6. The molecular weight excluding hydrogens is 288 g/mol. The molecule has 2 heterocycles. The second-order valence-corrected chi connectivity index (χ2v) is 7.20. The Morgan fingerprint density at radius 1 is 1.50 bits per heavy atom. The third kappa shape index (κ3) is 2.37. The fraction of sp³-hybridized carbons (Fsp3) is 0.125. The highest BCUT2D eigenvalue weighted by Gasteiger charge is 2.21. The molecule has 0 fully saturated rings. The topological polar surface area (TPSA) is 59.1 Å². The molecule has 2 aromatic heterocycles. The van der Waals surface area contributed by atoms with Gasteiger partial charge in [0.05, 0.1) is 11.4 Å². The van der Waals surface area contributed by atoms with E-state index < -0.39 is 10.0 Å². The minimum Gasteiger partial charge on any atom is -0.278 e. The minimum atomic E-state index is -3.56. The van der Waals surface area contributed by atoms with Crippen molar-refractivity contribution in [3.8, 4) is 0 Å². The first-order valence-corrected chi connectivity index (χ1v) is 7.79. The number of hydrogen-bond donors (Lipinski definition) is 1. The van der Waals surface area contributed by atoms with Crippen LogP contribution >= 0.6 is 34.3 Å². The Labute approximate surface area is 106 Å². The molecule has 2 rings (SSSR count). The Morgan fingerprint density at radius 2 is 2.25 bits per heavy atom. The normalized spacial score (nSPS) is 11.6. The monoisotopic (exact) mass is 294 g/mol. The first-order valence-electron chi connectivity index (χ1n) is 4.17. The molecule has 0 radical (unpaired) electrons. The Morgan fingerprint density at radius 3 is 2.75 bits per heavy atom. The SMILES string of the molecule is Cc1nc(Cl)sc1S(=O)(=O)Nc1ccsc1. The number of sulfonamides is 1. The number of aryl methyl sites for hydroxylation is 1. The number of thiophene rings is 1. The lowest BCUT2D eigenvalue weighted by Crippen LogP contribution is -2.11. The zero-order chi connectivity index (χ0) is 11.8. The van der Waals surface area contributed by atoms with Crippen LogP contribution in [0.3, 0.4) is 0 Å². The third-order valence-electron chi connectivity index (χ3n) is 1.75. The number of nitrogens with one attached hydrogen (secondary N) is 1. The van der Waals surface area contributed by atoms with Crippen LogP contribution in [0.4, 0.5) is 5.69 Å². The predicted molar refractivity (Wildman–Crippen MR) is 67.0 cm³/mol. The van der Waals surface area contributed by atoms with Crippen LogP contribution in [0.25, 0.3) is 0 Å². The average Bonchev–Trinajstić information content (AvgIpc) is 2.75. The average molecular weight is 295 g/mol. The van der Waals surface area contributed by atoms with E-state index in [4.69, 9.17) is 11.6 Å². The number of anilines is 1. The molecule has 0 spiro atoms. The molecule has 0 aromatic carbocycles.